The van der Waals surface area contributed by atoms with Crippen LogP contribution in [0.1, 0.15) is 35.7 Å². The summed E-state index contributed by atoms with van der Waals surface area (Å²) in [4.78, 5) is 25.5. The molecule has 1 aliphatic rings. The third-order valence-corrected chi connectivity index (χ3v) is 4.23. The van der Waals surface area contributed by atoms with Gasteiger partial charge in [0.05, 0.1) is 0 Å². The van der Waals surface area contributed by atoms with Crippen LogP contribution < -0.4 is 4.74 Å². The van der Waals surface area contributed by atoms with Gasteiger partial charge in [0.2, 0.25) is 0 Å². The lowest BCUT2D eigenvalue weighted by atomic mass is 10.1. The average Bonchev–Trinajstić information content (AvgIpc) is 3.44. The number of carbonyl (C=O) groups is 2. The van der Waals surface area contributed by atoms with E-state index in [1.54, 1.807) is 47.4 Å². The van der Waals surface area contributed by atoms with Gasteiger partial charge >= 0.3 is 0 Å². The quantitative estimate of drug-likeness (QED) is 0.723. The number of nitrogens with zero attached hydrogens (tertiary/aromatic N) is 1. The van der Waals surface area contributed by atoms with Gasteiger partial charge in [-0.05, 0) is 50.1 Å². The van der Waals surface area contributed by atoms with Gasteiger partial charge in [-0.2, -0.15) is 0 Å². The number of hydrogen-bond donors (Lipinski definition) is 0. The number of ether oxygens (including phenoxy) is 1. The minimum Gasteiger partial charge on any atom is -0.484 e. The maximum atomic E-state index is 13.9. The van der Waals surface area contributed by atoms with E-state index in [0.29, 0.717) is 16.9 Å². The van der Waals surface area contributed by atoms with Crippen LogP contribution in [0.25, 0.3) is 0 Å². The zero-order valence-electron chi connectivity index (χ0n) is 14.1. The van der Waals surface area contributed by atoms with Crippen molar-refractivity contribution in [2.45, 2.75) is 32.4 Å². The van der Waals surface area contributed by atoms with Crippen LogP contribution >= 0.6 is 0 Å². The highest BCUT2D eigenvalue weighted by atomic mass is 19.1. The molecule has 5 heteroatoms. The van der Waals surface area contributed by atoms with Crippen molar-refractivity contribution < 1.29 is 18.7 Å². The highest BCUT2D eigenvalue weighted by Gasteiger charge is 2.33. The van der Waals surface area contributed by atoms with Crippen LogP contribution in [-0.4, -0.2) is 29.2 Å². The van der Waals surface area contributed by atoms with Crippen LogP contribution in [0.4, 0.5) is 4.39 Å². The van der Waals surface area contributed by atoms with E-state index in [2.05, 4.69) is 0 Å². The Kier molecular flexibility index (Phi) is 5.12. The first-order valence-electron chi connectivity index (χ1n) is 8.31. The molecule has 2 aromatic carbocycles. The van der Waals surface area contributed by atoms with Gasteiger partial charge < -0.3 is 9.64 Å². The lowest BCUT2D eigenvalue weighted by Gasteiger charge is -2.23. The molecule has 0 saturated heterocycles. The van der Waals surface area contributed by atoms with Crippen LogP contribution in [0.15, 0.2) is 48.5 Å². The number of amides is 1. The maximum Gasteiger partial charge on any atom is 0.261 e. The van der Waals surface area contributed by atoms with E-state index < -0.39 is 0 Å². The van der Waals surface area contributed by atoms with Gasteiger partial charge in [-0.3, -0.25) is 9.59 Å². The van der Waals surface area contributed by atoms with E-state index in [1.165, 1.54) is 13.0 Å². The van der Waals surface area contributed by atoms with E-state index >= 15 is 0 Å². The zero-order valence-corrected chi connectivity index (χ0v) is 14.1. The fourth-order valence-corrected chi connectivity index (χ4v) is 2.63. The summed E-state index contributed by atoms with van der Waals surface area (Å²) >= 11 is 0. The molecule has 25 heavy (non-hydrogen) atoms. The highest BCUT2D eigenvalue weighted by molar-refractivity contribution is 5.94. The van der Waals surface area contributed by atoms with Crippen LogP contribution in [0.3, 0.4) is 0 Å². The van der Waals surface area contributed by atoms with Gasteiger partial charge in [-0.1, -0.05) is 18.2 Å². The number of halogens is 1. The van der Waals surface area contributed by atoms with Crippen molar-refractivity contribution >= 4 is 11.7 Å². The van der Waals surface area contributed by atoms with Gasteiger partial charge in [0.15, 0.2) is 12.4 Å². The molecular formula is C20H20FNO3. The molecule has 0 atom stereocenters. The molecule has 0 unspecified atom stereocenters. The third kappa shape index (κ3) is 4.44. The van der Waals surface area contributed by atoms with Crippen molar-refractivity contribution in [1.29, 1.82) is 0 Å². The molecule has 0 spiro atoms. The Hall–Kier alpha value is -2.69. The van der Waals surface area contributed by atoms with E-state index in [9.17, 15) is 14.0 Å². The molecule has 1 saturated carbocycles. The molecule has 0 bridgehead atoms. The smallest absolute Gasteiger partial charge is 0.261 e. The summed E-state index contributed by atoms with van der Waals surface area (Å²) in [6, 6.07) is 13.3. The first kappa shape index (κ1) is 17.1. The predicted molar refractivity (Wildman–Crippen MR) is 91.9 cm³/mol. The summed E-state index contributed by atoms with van der Waals surface area (Å²) in [5, 5.41) is 0. The van der Waals surface area contributed by atoms with E-state index in [4.69, 9.17) is 4.74 Å². The number of ketones is 1. The Bertz CT molecular complexity index is 769. The molecule has 0 heterocycles. The van der Waals surface area contributed by atoms with Crippen LogP contribution in [0.2, 0.25) is 0 Å². The highest BCUT2D eigenvalue weighted by Crippen LogP contribution is 2.29. The van der Waals surface area contributed by atoms with E-state index in [0.717, 1.165) is 12.8 Å². The third-order valence-electron chi connectivity index (χ3n) is 4.23. The van der Waals surface area contributed by atoms with Crippen molar-refractivity contribution in [3.8, 4) is 5.75 Å². The Morgan fingerprint density at radius 3 is 2.40 bits per heavy atom. The average molecular weight is 341 g/mol. The standard InChI is InChI=1S/C20H20FNO3/c1-14(23)15-6-10-18(11-7-15)25-13-20(24)22(17-8-9-17)12-16-4-2-3-5-19(16)21/h2-7,10-11,17H,8-9,12-13H2,1H3. The predicted octanol–water partition coefficient (Wildman–Crippen LogP) is 3.60. The van der Waals surface area contributed by atoms with Crippen LogP contribution in [0.5, 0.6) is 5.75 Å². The summed E-state index contributed by atoms with van der Waals surface area (Å²) in [5.41, 5.74) is 1.10. The van der Waals surface area contributed by atoms with Crippen LogP contribution in [0, 0.1) is 5.82 Å². The van der Waals surface area contributed by atoms with Gasteiger partial charge in [-0.15, -0.1) is 0 Å². The molecule has 3 rings (SSSR count). The normalized spacial score (nSPS) is 13.4. The number of rotatable bonds is 7. The molecular weight excluding hydrogens is 321 g/mol. The fourth-order valence-electron chi connectivity index (χ4n) is 2.63. The molecule has 2 aromatic rings. The molecule has 130 valence electrons. The zero-order chi connectivity index (χ0) is 17.8. The topological polar surface area (TPSA) is 46.6 Å². The summed E-state index contributed by atoms with van der Waals surface area (Å²) in [6.07, 6.45) is 1.88. The largest absolute Gasteiger partial charge is 0.484 e. The Labute approximate surface area is 146 Å². The molecule has 1 amide bonds. The number of hydrogen-bond acceptors (Lipinski definition) is 3. The first-order valence-corrected chi connectivity index (χ1v) is 8.31. The summed E-state index contributed by atoms with van der Waals surface area (Å²) in [5.74, 6) is 0.0375. The van der Waals surface area contributed by atoms with Gasteiger partial charge in [0.1, 0.15) is 11.6 Å². The van der Waals surface area contributed by atoms with Gasteiger partial charge in [0.25, 0.3) is 5.91 Å². The molecule has 0 N–H and O–H groups in total. The Morgan fingerprint density at radius 1 is 1.12 bits per heavy atom. The maximum absolute atomic E-state index is 13.9. The second kappa shape index (κ2) is 7.47. The lowest BCUT2D eigenvalue weighted by Crippen LogP contribution is -2.36. The first-order chi connectivity index (χ1) is 12.0. The molecule has 1 fully saturated rings. The SMILES string of the molecule is CC(=O)c1ccc(OCC(=O)N(Cc2ccccc2F)C2CC2)cc1. The molecule has 0 aliphatic heterocycles. The van der Waals surface area contributed by atoms with Gasteiger partial charge in [0, 0.05) is 23.7 Å². The Balaban J connectivity index is 1.61. The van der Waals surface area contributed by atoms with E-state index in [-0.39, 0.29) is 36.7 Å². The second-order valence-corrected chi connectivity index (χ2v) is 6.21. The molecule has 4 nitrogen and oxygen atoms in total. The summed E-state index contributed by atoms with van der Waals surface area (Å²) < 4.78 is 19.4. The summed E-state index contributed by atoms with van der Waals surface area (Å²) in [7, 11) is 0. The minimum atomic E-state index is -0.304. The fraction of sp³-hybridized carbons (Fsp3) is 0.300. The molecule has 0 radical (unpaired) electrons. The minimum absolute atomic E-state index is 0.0209. The lowest BCUT2D eigenvalue weighted by molar-refractivity contribution is -0.134. The Morgan fingerprint density at radius 2 is 1.80 bits per heavy atom. The van der Waals surface area contributed by atoms with E-state index in [1.807, 2.05) is 0 Å². The van der Waals surface area contributed by atoms with Crippen molar-refractivity contribution in [2.75, 3.05) is 6.61 Å². The number of benzene rings is 2. The summed E-state index contributed by atoms with van der Waals surface area (Å²) in [6.45, 7) is 1.64. The number of carbonyl (C=O) groups excluding carboxylic acids is 2. The van der Waals surface area contributed by atoms with Crippen molar-refractivity contribution in [1.82, 2.24) is 4.90 Å². The molecule has 0 aromatic heterocycles. The number of Topliss-reactive ketones (excluding diaryl/α,β-unsaturated/α-hetero) is 1. The molecule has 1 aliphatic carbocycles. The second-order valence-electron chi connectivity index (χ2n) is 6.21. The van der Waals surface area contributed by atoms with Crippen molar-refractivity contribution in [3.63, 3.8) is 0 Å². The monoisotopic (exact) mass is 341 g/mol. The van der Waals surface area contributed by atoms with Crippen LogP contribution in [-0.2, 0) is 11.3 Å². The van der Waals surface area contributed by atoms with Crippen molar-refractivity contribution in [3.05, 3.63) is 65.5 Å². The van der Waals surface area contributed by atoms with Crippen molar-refractivity contribution in [2.24, 2.45) is 0 Å². The van der Waals surface area contributed by atoms with Gasteiger partial charge in [-0.25, -0.2) is 4.39 Å².